The molecule has 0 bridgehead atoms. The van der Waals surface area contributed by atoms with Crippen LogP contribution in [0.25, 0.3) is 21.7 Å². The van der Waals surface area contributed by atoms with Crippen molar-refractivity contribution < 1.29 is 31.5 Å². The summed E-state index contributed by atoms with van der Waals surface area (Å²) < 4.78 is 58.5. The molecule has 172 valence electrons. The molecular weight excluding hydrogens is 449 g/mol. The molecule has 0 spiro atoms. The van der Waals surface area contributed by atoms with E-state index in [0.717, 1.165) is 12.1 Å². The van der Waals surface area contributed by atoms with Gasteiger partial charge in [-0.1, -0.05) is 24.3 Å². The Morgan fingerprint density at radius 3 is 2.45 bits per heavy atom. The van der Waals surface area contributed by atoms with Crippen molar-refractivity contribution in [3.63, 3.8) is 0 Å². The van der Waals surface area contributed by atoms with E-state index >= 15 is 0 Å². The number of furan rings is 1. The number of carbonyl (C=O) groups excluding carboxylic acids is 1. The minimum Gasteiger partial charge on any atom is -0.460 e. The van der Waals surface area contributed by atoms with Gasteiger partial charge in [0.05, 0.1) is 17.2 Å². The lowest BCUT2D eigenvalue weighted by molar-refractivity contribution is 0.0388. The van der Waals surface area contributed by atoms with Crippen molar-refractivity contribution in [1.82, 2.24) is 0 Å². The van der Waals surface area contributed by atoms with E-state index in [2.05, 4.69) is 4.72 Å². The molecule has 0 aliphatic rings. The van der Waals surface area contributed by atoms with Gasteiger partial charge in [-0.3, -0.25) is 4.72 Å². The predicted octanol–water partition coefficient (Wildman–Crippen LogP) is 4.95. The smallest absolute Gasteiger partial charge is 0.342 e. The van der Waals surface area contributed by atoms with Crippen LogP contribution in [0.2, 0.25) is 0 Å². The number of nitrogens with one attached hydrogen (secondary N) is 1. The first-order chi connectivity index (χ1) is 15.7. The molecule has 0 aliphatic carbocycles. The molecule has 9 heteroatoms. The van der Waals surface area contributed by atoms with Crippen LogP contribution in [0.15, 0.2) is 57.8 Å². The molecular formula is C24H22FNO6S. The SMILES string of the molecule is COCCOC(=O)c1c(C)oc2c1cc(NS(=O)(=O)c1ccc(F)cc1C)c1ccccc12. The lowest BCUT2D eigenvalue weighted by atomic mass is 10.0. The Morgan fingerprint density at radius 2 is 1.76 bits per heavy atom. The normalized spacial score (nSPS) is 11.8. The van der Waals surface area contributed by atoms with Gasteiger partial charge >= 0.3 is 5.97 Å². The van der Waals surface area contributed by atoms with Gasteiger partial charge in [-0.05, 0) is 43.7 Å². The van der Waals surface area contributed by atoms with Gasteiger partial charge in [0.15, 0.2) is 0 Å². The monoisotopic (exact) mass is 471 g/mol. The first-order valence-corrected chi connectivity index (χ1v) is 11.6. The number of hydrogen-bond acceptors (Lipinski definition) is 6. The molecule has 4 rings (SSSR count). The van der Waals surface area contributed by atoms with Gasteiger partial charge in [0.25, 0.3) is 10.0 Å². The highest BCUT2D eigenvalue weighted by Crippen LogP contribution is 2.37. The molecule has 1 heterocycles. The number of sulfonamides is 1. The van der Waals surface area contributed by atoms with Crippen LogP contribution in [0, 0.1) is 19.7 Å². The summed E-state index contributed by atoms with van der Waals surface area (Å²) in [5.41, 5.74) is 1.19. The van der Waals surface area contributed by atoms with Crippen molar-refractivity contribution >= 4 is 43.4 Å². The Labute approximate surface area is 190 Å². The van der Waals surface area contributed by atoms with Gasteiger partial charge in [0.1, 0.15) is 29.3 Å². The number of hydrogen-bond donors (Lipinski definition) is 1. The molecule has 4 aromatic rings. The van der Waals surface area contributed by atoms with E-state index in [9.17, 15) is 17.6 Å². The largest absolute Gasteiger partial charge is 0.460 e. The number of aryl methyl sites for hydroxylation is 2. The van der Waals surface area contributed by atoms with Crippen LogP contribution in [0.4, 0.5) is 10.1 Å². The number of methoxy groups -OCH3 is 1. The number of benzene rings is 3. The van der Waals surface area contributed by atoms with Crippen molar-refractivity contribution in [2.75, 3.05) is 25.0 Å². The predicted molar refractivity (Wildman–Crippen MR) is 123 cm³/mol. The molecule has 0 saturated heterocycles. The average Bonchev–Trinajstić information content (AvgIpc) is 3.09. The Kier molecular flexibility index (Phi) is 6.09. The lowest BCUT2D eigenvalue weighted by Gasteiger charge is -2.13. The molecule has 3 aromatic carbocycles. The van der Waals surface area contributed by atoms with Crippen LogP contribution in [-0.4, -0.2) is 34.7 Å². The van der Waals surface area contributed by atoms with Crippen molar-refractivity contribution in [2.45, 2.75) is 18.7 Å². The molecule has 1 aromatic heterocycles. The highest BCUT2D eigenvalue weighted by Gasteiger charge is 2.24. The third kappa shape index (κ3) is 4.29. The molecule has 0 aliphatic heterocycles. The zero-order chi connectivity index (χ0) is 23.8. The summed E-state index contributed by atoms with van der Waals surface area (Å²) in [5.74, 6) is -0.766. The van der Waals surface area contributed by atoms with Crippen molar-refractivity contribution in [1.29, 1.82) is 0 Å². The van der Waals surface area contributed by atoms with Gasteiger partial charge < -0.3 is 13.9 Å². The molecule has 7 nitrogen and oxygen atoms in total. The van der Waals surface area contributed by atoms with E-state index in [4.69, 9.17) is 13.9 Å². The van der Waals surface area contributed by atoms with Gasteiger partial charge in [0, 0.05) is 23.3 Å². The van der Waals surface area contributed by atoms with Gasteiger partial charge in [-0.2, -0.15) is 0 Å². The van der Waals surface area contributed by atoms with Crippen LogP contribution in [-0.2, 0) is 19.5 Å². The number of fused-ring (bicyclic) bond motifs is 3. The molecule has 0 atom stereocenters. The maximum absolute atomic E-state index is 13.5. The Morgan fingerprint density at radius 1 is 1.03 bits per heavy atom. The maximum Gasteiger partial charge on any atom is 0.342 e. The maximum atomic E-state index is 13.5. The molecule has 0 radical (unpaired) electrons. The van der Waals surface area contributed by atoms with E-state index in [1.54, 1.807) is 37.3 Å². The minimum atomic E-state index is -4.04. The van der Waals surface area contributed by atoms with Crippen LogP contribution in [0.1, 0.15) is 21.7 Å². The molecule has 0 amide bonds. The molecule has 0 fully saturated rings. The summed E-state index contributed by atoms with van der Waals surface area (Å²) in [7, 11) is -2.55. The topological polar surface area (TPSA) is 94.8 Å². The summed E-state index contributed by atoms with van der Waals surface area (Å²) in [5, 5.41) is 1.63. The van der Waals surface area contributed by atoms with Crippen LogP contribution in [0.3, 0.4) is 0 Å². The summed E-state index contributed by atoms with van der Waals surface area (Å²) in [4.78, 5) is 12.7. The fourth-order valence-electron chi connectivity index (χ4n) is 3.78. The molecule has 0 unspecified atom stereocenters. The number of carbonyl (C=O) groups is 1. The minimum absolute atomic E-state index is 0.0457. The number of halogens is 1. The number of ether oxygens (including phenoxy) is 2. The zero-order valence-corrected chi connectivity index (χ0v) is 19.1. The second kappa shape index (κ2) is 8.84. The lowest BCUT2D eigenvalue weighted by Crippen LogP contribution is -2.15. The summed E-state index contributed by atoms with van der Waals surface area (Å²) in [6.07, 6.45) is 0. The Bertz CT molecular complexity index is 1480. The van der Waals surface area contributed by atoms with E-state index in [-0.39, 0.29) is 34.9 Å². The Balaban J connectivity index is 1.87. The fraction of sp³-hybridized carbons (Fsp3) is 0.208. The summed E-state index contributed by atoms with van der Waals surface area (Å²) in [6.45, 7) is 3.48. The van der Waals surface area contributed by atoms with E-state index in [1.807, 2.05) is 0 Å². The van der Waals surface area contributed by atoms with E-state index in [0.29, 0.717) is 27.5 Å². The zero-order valence-electron chi connectivity index (χ0n) is 18.3. The van der Waals surface area contributed by atoms with Gasteiger partial charge in [-0.15, -0.1) is 0 Å². The second-order valence-corrected chi connectivity index (χ2v) is 9.17. The van der Waals surface area contributed by atoms with Crippen LogP contribution < -0.4 is 4.72 Å². The highest BCUT2D eigenvalue weighted by atomic mass is 32.2. The van der Waals surface area contributed by atoms with Crippen molar-refractivity contribution in [3.05, 3.63) is 71.2 Å². The number of esters is 1. The Hall–Kier alpha value is -3.43. The first kappa shape index (κ1) is 22.8. The third-order valence-corrected chi connectivity index (χ3v) is 6.79. The standard InChI is InChI=1S/C24H22FNO6S/c1-14-12-16(25)8-9-21(14)33(28,29)26-20-13-19-22(24(27)31-11-10-30-3)15(2)32-23(19)18-7-5-4-6-17(18)20/h4-9,12-13,26H,10-11H2,1-3H3. The van der Waals surface area contributed by atoms with Gasteiger partial charge in [0.2, 0.25) is 0 Å². The third-order valence-electron chi connectivity index (χ3n) is 5.27. The highest BCUT2D eigenvalue weighted by molar-refractivity contribution is 7.92. The van der Waals surface area contributed by atoms with Crippen molar-refractivity contribution in [2.24, 2.45) is 0 Å². The number of rotatable bonds is 7. The first-order valence-electron chi connectivity index (χ1n) is 10.1. The van der Waals surface area contributed by atoms with E-state index < -0.39 is 21.8 Å². The second-order valence-electron chi connectivity index (χ2n) is 7.52. The fourth-order valence-corrected chi connectivity index (χ4v) is 5.08. The molecule has 33 heavy (non-hydrogen) atoms. The van der Waals surface area contributed by atoms with E-state index in [1.165, 1.54) is 20.1 Å². The van der Waals surface area contributed by atoms with Crippen LogP contribution >= 0.6 is 0 Å². The molecule has 0 saturated carbocycles. The van der Waals surface area contributed by atoms with Gasteiger partial charge in [-0.25, -0.2) is 17.6 Å². The number of anilines is 1. The summed E-state index contributed by atoms with van der Waals surface area (Å²) >= 11 is 0. The average molecular weight is 472 g/mol. The van der Waals surface area contributed by atoms with Crippen LogP contribution in [0.5, 0.6) is 0 Å². The molecule has 1 N–H and O–H groups in total. The summed E-state index contributed by atoms with van der Waals surface area (Å²) in [6, 6.07) is 12.1. The quantitative estimate of drug-likeness (QED) is 0.303. The van der Waals surface area contributed by atoms with Crippen molar-refractivity contribution in [3.8, 4) is 0 Å².